The molecule has 0 spiro atoms. The van der Waals surface area contributed by atoms with Gasteiger partial charge in [-0.2, -0.15) is 0 Å². The van der Waals surface area contributed by atoms with Crippen LogP contribution in [0.25, 0.3) is 0 Å². The fourth-order valence-electron chi connectivity index (χ4n) is 1.36. The fraction of sp³-hybridized carbons (Fsp3) is 0.545. The van der Waals surface area contributed by atoms with Gasteiger partial charge in [0.25, 0.3) is 0 Å². The minimum absolute atomic E-state index is 0.0898. The highest BCUT2D eigenvalue weighted by atomic mass is 79.9. The zero-order chi connectivity index (χ0) is 12.0. The summed E-state index contributed by atoms with van der Waals surface area (Å²) in [5.74, 6) is -0.0898. The number of aryl methyl sites for hydroxylation is 1. The maximum atomic E-state index is 11.1. The Hall–Kier alpha value is 0.130. The summed E-state index contributed by atoms with van der Waals surface area (Å²) in [6, 6.07) is 2.12. The van der Waals surface area contributed by atoms with Crippen molar-refractivity contribution in [2.45, 2.75) is 32.6 Å². The van der Waals surface area contributed by atoms with Crippen LogP contribution >= 0.6 is 43.2 Å². The van der Waals surface area contributed by atoms with Crippen LogP contribution in [0.2, 0.25) is 0 Å². The monoisotopic (exact) mass is 368 g/mol. The SMILES string of the molecule is CCOC(=O)CCCCc1cc(Br)sc1Br. The molecule has 0 atom stereocenters. The van der Waals surface area contributed by atoms with E-state index < -0.39 is 0 Å². The third-order valence-electron chi connectivity index (χ3n) is 2.11. The van der Waals surface area contributed by atoms with Crippen LogP contribution in [0, 0.1) is 0 Å². The number of halogens is 2. The molecule has 5 heteroatoms. The van der Waals surface area contributed by atoms with Gasteiger partial charge in [-0.1, -0.05) is 0 Å². The maximum absolute atomic E-state index is 11.1. The van der Waals surface area contributed by atoms with Gasteiger partial charge in [0.05, 0.1) is 14.2 Å². The van der Waals surface area contributed by atoms with Crippen molar-refractivity contribution in [3.63, 3.8) is 0 Å². The summed E-state index contributed by atoms with van der Waals surface area (Å²) in [6.07, 6.45) is 3.43. The Morgan fingerprint density at radius 3 is 2.75 bits per heavy atom. The van der Waals surface area contributed by atoms with Crippen LogP contribution in [0.3, 0.4) is 0 Å². The van der Waals surface area contributed by atoms with E-state index in [1.54, 1.807) is 11.3 Å². The van der Waals surface area contributed by atoms with Gasteiger partial charge in [-0.15, -0.1) is 11.3 Å². The smallest absolute Gasteiger partial charge is 0.305 e. The summed E-state index contributed by atoms with van der Waals surface area (Å²) < 4.78 is 7.18. The van der Waals surface area contributed by atoms with Gasteiger partial charge in [0.15, 0.2) is 0 Å². The zero-order valence-corrected chi connectivity index (χ0v) is 13.1. The first-order chi connectivity index (χ1) is 7.63. The molecule has 90 valence electrons. The molecule has 0 saturated heterocycles. The van der Waals surface area contributed by atoms with Gasteiger partial charge < -0.3 is 4.74 Å². The Labute approximate surface area is 117 Å². The van der Waals surface area contributed by atoms with E-state index in [0.29, 0.717) is 13.0 Å². The molecule has 0 N–H and O–H groups in total. The van der Waals surface area contributed by atoms with Crippen molar-refractivity contribution >= 4 is 49.2 Å². The average molecular weight is 370 g/mol. The average Bonchev–Trinajstić information content (AvgIpc) is 2.53. The highest BCUT2D eigenvalue weighted by Gasteiger charge is 2.06. The molecule has 0 unspecified atom stereocenters. The molecule has 1 aromatic rings. The van der Waals surface area contributed by atoms with Crippen LogP contribution in [0.15, 0.2) is 13.6 Å². The summed E-state index contributed by atoms with van der Waals surface area (Å²) in [4.78, 5) is 11.1. The molecule has 0 aromatic carbocycles. The van der Waals surface area contributed by atoms with Gasteiger partial charge in [-0.3, -0.25) is 4.79 Å². The summed E-state index contributed by atoms with van der Waals surface area (Å²) in [6.45, 7) is 2.31. The Morgan fingerprint density at radius 2 is 2.19 bits per heavy atom. The molecule has 0 aliphatic heterocycles. The lowest BCUT2D eigenvalue weighted by Gasteiger charge is -2.01. The summed E-state index contributed by atoms with van der Waals surface area (Å²) >= 11 is 8.65. The lowest BCUT2D eigenvalue weighted by molar-refractivity contribution is -0.143. The zero-order valence-electron chi connectivity index (χ0n) is 9.09. The Kier molecular flexibility index (Phi) is 6.61. The van der Waals surface area contributed by atoms with Crippen LogP contribution in [0.5, 0.6) is 0 Å². The summed E-state index contributed by atoms with van der Waals surface area (Å²) in [5.41, 5.74) is 1.31. The number of esters is 1. The Morgan fingerprint density at radius 1 is 1.44 bits per heavy atom. The highest BCUT2D eigenvalue weighted by Crippen LogP contribution is 2.32. The molecule has 0 amide bonds. The van der Waals surface area contributed by atoms with E-state index in [0.717, 1.165) is 23.0 Å². The molecule has 0 saturated carbocycles. The molecule has 0 bridgehead atoms. The van der Waals surface area contributed by atoms with Gasteiger partial charge >= 0.3 is 5.97 Å². The molecule has 1 heterocycles. The van der Waals surface area contributed by atoms with Gasteiger partial charge in [0.2, 0.25) is 0 Å². The number of hydrogen-bond acceptors (Lipinski definition) is 3. The number of thiophene rings is 1. The quantitative estimate of drug-likeness (QED) is 0.543. The second kappa shape index (κ2) is 7.45. The van der Waals surface area contributed by atoms with Crippen molar-refractivity contribution < 1.29 is 9.53 Å². The molecule has 0 radical (unpaired) electrons. The normalized spacial score (nSPS) is 10.4. The largest absolute Gasteiger partial charge is 0.466 e. The van der Waals surface area contributed by atoms with E-state index in [9.17, 15) is 4.79 Å². The molecule has 2 nitrogen and oxygen atoms in total. The number of unbranched alkanes of at least 4 members (excludes halogenated alkanes) is 1. The van der Waals surface area contributed by atoms with Crippen molar-refractivity contribution in [3.8, 4) is 0 Å². The van der Waals surface area contributed by atoms with Crippen LogP contribution in [-0.4, -0.2) is 12.6 Å². The van der Waals surface area contributed by atoms with E-state index in [1.807, 2.05) is 6.92 Å². The lowest BCUT2D eigenvalue weighted by Crippen LogP contribution is -2.03. The first-order valence-electron chi connectivity index (χ1n) is 5.22. The van der Waals surface area contributed by atoms with E-state index in [4.69, 9.17) is 4.74 Å². The maximum Gasteiger partial charge on any atom is 0.305 e. The van der Waals surface area contributed by atoms with Crippen molar-refractivity contribution in [1.82, 2.24) is 0 Å². The van der Waals surface area contributed by atoms with Crippen molar-refractivity contribution in [2.24, 2.45) is 0 Å². The molecule has 0 aliphatic rings. The van der Waals surface area contributed by atoms with Crippen LogP contribution in [0.4, 0.5) is 0 Å². The standard InChI is InChI=1S/C11H14Br2O2S/c1-2-15-10(14)6-4-3-5-8-7-9(12)16-11(8)13/h7H,2-6H2,1H3. The van der Waals surface area contributed by atoms with Gasteiger partial charge in [0, 0.05) is 6.42 Å². The predicted molar refractivity (Wildman–Crippen MR) is 73.9 cm³/mol. The van der Waals surface area contributed by atoms with E-state index in [1.165, 1.54) is 9.35 Å². The topological polar surface area (TPSA) is 26.3 Å². The first kappa shape index (κ1) is 14.2. The first-order valence-corrected chi connectivity index (χ1v) is 7.63. The van der Waals surface area contributed by atoms with Gasteiger partial charge in [-0.05, 0) is 69.7 Å². The van der Waals surface area contributed by atoms with E-state index in [2.05, 4.69) is 37.9 Å². The Balaban J connectivity index is 2.21. The number of hydrogen-bond donors (Lipinski definition) is 0. The number of ether oxygens (including phenoxy) is 1. The molecule has 1 rings (SSSR count). The van der Waals surface area contributed by atoms with Crippen LogP contribution in [-0.2, 0) is 16.0 Å². The van der Waals surface area contributed by atoms with Crippen LogP contribution in [0.1, 0.15) is 31.7 Å². The minimum atomic E-state index is -0.0898. The molecule has 0 fully saturated rings. The number of carbonyl (C=O) groups excluding carboxylic acids is 1. The van der Waals surface area contributed by atoms with Crippen molar-refractivity contribution in [1.29, 1.82) is 0 Å². The van der Waals surface area contributed by atoms with E-state index in [-0.39, 0.29) is 5.97 Å². The highest BCUT2D eigenvalue weighted by molar-refractivity contribution is 9.12. The lowest BCUT2D eigenvalue weighted by atomic mass is 10.1. The second-order valence-electron chi connectivity index (χ2n) is 3.36. The van der Waals surface area contributed by atoms with Crippen molar-refractivity contribution in [3.05, 3.63) is 19.2 Å². The molecule has 0 aliphatic carbocycles. The third kappa shape index (κ3) is 4.97. The summed E-state index contributed by atoms with van der Waals surface area (Å²) in [7, 11) is 0. The summed E-state index contributed by atoms with van der Waals surface area (Å²) in [5, 5.41) is 0. The van der Waals surface area contributed by atoms with Crippen LogP contribution < -0.4 is 0 Å². The molecular weight excluding hydrogens is 356 g/mol. The van der Waals surface area contributed by atoms with E-state index >= 15 is 0 Å². The fourth-order valence-corrected chi connectivity index (χ4v) is 4.28. The van der Waals surface area contributed by atoms with Gasteiger partial charge in [0.1, 0.15) is 0 Å². The molecular formula is C11H14Br2O2S. The van der Waals surface area contributed by atoms with Crippen molar-refractivity contribution in [2.75, 3.05) is 6.61 Å². The molecule has 16 heavy (non-hydrogen) atoms. The number of carbonyl (C=O) groups is 1. The predicted octanol–water partition coefficient (Wildman–Crippen LogP) is 4.55. The number of rotatable bonds is 6. The Bertz CT molecular complexity index is 350. The third-order valence-corrected chi connectivity index (χ3v) is 4.57. The molecule has 1 aromatic heterocycles. The van der Waals surface area contributed by atoms with Gasteiger partial charge in [-0.25, -0.2) is 0 Å². The second-order valence-corrected chi connectivity index (χ2v) is 7.11. The minimum Gasteiger partial charge on any atom is -0.466 e.